The van der Waals surface area contributed by atoms with Gasteiger partial charge in [0.1, 0.15) is 5.69 Å². The van der Waals surface area contributed by atoms with Crippen LogP contribution in [-0.2, 0) is 4.74 Å². The molecule has 1 atom stereocenters. The highest BCUT2D eigenvalue weighted by Gasteiger charge is 2.17. The average molecular weight is 461 g/mol. The second-order valence-corrected chi connectivity index (χ2v) is 9.17. The third kappa shape index (κ3) is 8.19. The maximum absolute atomic E-state index is 10.3. The van der Waals surface area contributed by atoms with E-state index in [1.807, 2.05) is 12.1 Å². The number of nitrogens with zero attached hydrogens (tertiary/aromatic N) is 1. The molecule has 0 spiro atoms. The Hall–Kier alpha value is -1.96. The molecule has 32 heavy (non-hydrogen) atoms. The van der Waals surface area contributed by atoms with E-state index >= 15 is 0 Å². The minimum atomic E-state index is -0.529. The van der Waals surface area contributed by atoms with Crippen LogP contribution in [0.2, 0.25) is 0 Å². The number of furan rings is 2. The Labute approximate surface area is 195 Å². The summed E-state index contributed by atoms with van der Waals surface area (Å²) in [4.78, 5) is 8.03. The first-order valence-corrected chi connectivity index (χ1v) is 12.8. The van der Waals surface area contributed by atoms with Crippen LogP contribution < -0.4 is 0 Å². The van der Waals surface area contributed by atoms with E-state index in [0.29, 0.717) is 19.0 Å². The molecule has 3 heterocycles. The number of nitrogens with one attached hydrogen (secondary N) is 1. The molecular weight excluding hydrogens is 424 g/mol. The number of H-pyrrole nitrogens is 1. The number of imidazole rings is 1. The Morgan fingerprint density at radius 1 is 0.969 bits per heavy atom. The minimum absolute atomic E-state index is 0.355. The van der Waals surface area contributed by atoms with E-state index in [2.05, 4.69) is 11.9 Å². The first-order valence-electron chi connectivity index (χ1n) is 11.8. The Morgan fingerprint density at radius 2 is 1.62 bits per heavy atom. The molecule has 1 unspecified atom stereocenters. The predicted molar refractivity (Wildman–Crippen MR) is 129 cm³/mol. The number of hydrogen-bond donors (Lipinski definition) is 2. The van der Waals surface area contributed by atoms with Crippen LogP contribution in [0.4, 0.5) is 0 Å². The average Bonchev–Trinajstić information content (AvgIpc) is 3.56. The fraction of sp³-hybridized carbons (Fsp3) is 0.560. The van der Waals surface area contributed by atoms with Crippen LogP contribution in [0.3, 0.4) is 0 Å². The van der Waals surface area contributed by atoms with Gasteiger partial charge in [-0.2, -0.15) is 0 Å². The number of rotatable bonds is 17. The molecule has 3 aromatic heterocycles. The summed E-state index contributed by atoms with van der Waals surface area (Å²) in [5, 5.41) is 11.0. The highest BCUT2D eigenvalue weighted by Crippen LogP contribution is 2.33. The van der Waals surface area contributed by atoms with Crippen molar-refractivity contribution in [2.45, 2.75) is 76.0 Å². The van der Waals surface area contributed by atoms with E-state index in [1.54, 1.807) is 25.1 Å². The van der Waals surface area contributed by atoms with E-state index in [4.69, 9.17) is 18.6 Å². The molecule has 3 rings (SSSR count). The quantitative estimate of drug-likeness (QED) is 0.168. The fourth-order valence-electron chi connectivity index (χ4n) is 3.60. The molecule has 0 saturated carbocycles. The van der Waals surface area contributed by atoms with Crippen molar-refractivity contribution in [3.05, 3.63) is 37.2 Å². The zero-order chi connectivity index (χ0) is 22.4. The van der Waals surface area contributed by atoms with Gasteiger partial charge in [-0.05, 0) is 18.6 Å². The van der Waals surface area contributed by atoms with Gasteiger partial charge in [0.25, 0.3) is 0 Å². The van der Waals surface area contributed by atoms with Crippen molar-refractivity contribution in [2.24, 2.45) is 0 Å². The maximum Gasteiger partial charge on any atom is 0.166 e. The molecule has 0 aromatic carbocycles. The summed E-state index contributed by atoms with van der Waals surface area (Å²) in [6.07, 6.45) is 17.7. The van der Waals surface area contributed by atoms with Gasteiger partial charge in [0, 0.05) is 23.5 Å². The minimum Gasteiger partial charge on any atom is -0.472 e. The number of aliphatic hydroxyl groups excluding tert-OH is 1. The van der Waals surface area contributed by atoms with Gasteiger partial charge in [0.05, 0.1) is 43.5 Å². The van der Waals surface area contributed by atoms with Crippen LogP contribution in [0.5, 0.6) is 0 Å². The maximum atomic E-state index is 10.3. The molecule has 0 radical (unpaired) electrons. The van der Waals surface area contributed by atoms with Gasteiger partial charge in [-0.25, -0.2) is 4.98 Å². The Morgan fingerprint density at radius 3 is 2.28 bits per heavy atom. The van der Waals surface area contributed by atoms with Crippen molar-refractivity contribution in [1.82, 2.24) is 9.97 Å². The summed E-state index contributed by atoms with van der Waals surface area (Å²) >= 11 is 1.48. The van der Waals surface area contributed by atoms with Crippen LogP contribution in [-0.4, -0.2) is 40.1 Å². The smallest absolute Gasteiger partial charge is 0.166 e. The van der Waals surface area contributed by atoms with Crippen LogP contribution in [0.1, 0.15) is 64.7 Å². The SMILES string of the molecule is CCCCCCCCCCCOCC(O)CSc1nc(-c2ccoc2)c(-c2ccoc2)[nH]1. The number of ether oxygens (including phenoxy) is 1. The normalized spacial score (nSPS) is 12.4. The topological polar surface area (TPSA) is 84.4 Å². The Balaban J connectivity index is 1.32. The summed E-state index contributed by atoms with van der Waals surface area (Å²) < 4.78 is 16.1. The lowest BCUT2D eigenvalue weighted by Gasteiger charge is -2.10. The predicted octanol–water partition coefficient (Wildman–Crippen LogP) is 6.93. The van der Waals surface area contributed by atoms with Crippen LogP contribution in [0, 0.1) is 0 Å². The van der Waals surface area contributed by atoms with Gasteiger partial charge >= 0.3 is 0 Å². The zero-order valence-electron chi connectivity index (χ0n) is 19.1. The van der Waals surface area contributed by atoms with Crippen LogP contribution >= 0.6 is 11.8 Å². The number of thioether (sulfide) groups is 1. The number of aliphatic hydroxyl groups is 1. The van der Waals surface area contributed by atoms with Gasteiger partial charge in [0.15, 0.2) is 5.16 Å². The lowest BCUT2D eigenvalue weighted by atomic mass is 10.1. The standard InChI is InChI=1S/C25H36N2O4S/c1-2-3-4-5-6-7-8-9-10-13-29-18-22(28)19-32-25-26-23(20-11-14-30-16-20)24(27-25)21-12-15-31-17-21/h11-12,14-17,22,28H,2-10,13,18-19H2,1H3,(H,26,27). The van der Waals surface area contributed by atoms with Crippen molar-refractivity contribution in [1.29, 1.82) is 0 Å². The van der Waals surface area contributed by atoms with Crippen LogP contribution in [0.15, 0.2) is 51.2 Å². The van der Waals surface area contributed by atoms with E-state index in [1.165, 1.54) is 63.1 Å². The summed E-state index contributed by atoms with van der Waals surface area (Å²) in [5.41, 5.74) is 3.50. The summed E-state index contributed by atoms with van der Waals surface area (Å²) in [6.45, 7) is 3.32. The molecule has 0 aliphatic carbocycles. The number of hydrogen-bond acceptors (Lipinski definition) is 6. The van der Waals surface area contributed by atoms with Crippen molar-refractivity contribution >= 4 is 11.8 Å². The van der Waals surface area contributed by atoms with E-state index in [0.717, 1.165) is 34.1 Å². The highest BCUT2D eigenvalue weighted by molar-refractivity contribution is 7.99. The zero-order valence-corrected chi connectivity index (χ0v) is 19.9. The largest absolute Gasteiger partial charge is 0.472 e. The van der Waals surface area contributed by atoms with Gasteiger partial charge in [0.2, 0.25) is 0 Å². The molecule has 2 N–H and O–H groups in total. The number of aromatic nitrogens is 2. The molecule has 0 bridgehead atoms. The second-order valence-electron chi connectivity index (χ2n) is 8.16. The van der Waals surface area contributed by atoms with Crippen molar-refractivity contribution < 1.29 is 18.7 Å². The Kier molecular flexibility index (Phi) is 11.0. The molecule has 0 saturated heterocycles. The number of unbranched alkanes of at least 4 members (excludes halogenated alkanes) is 8. The number of aromatic amines is 1. The summed E-state index contributed by atoms with van der Waals surface area (Å²) in [5.74, 6) is 0.515. The molecule has 176 valence electrons. The molecule has 0 amide bonds. The van der Waals surface area contributed by atoms with Gasteiger partial charge in [-0.3, -0.25) is 0 Å². The monoisotopic (exact) mass is 460 g/mol. The molecule has 0 aliphatic rings. The van der Waals surface area contributed by atoms with E-state index in [-0.39, 0.29) is 0 Å². The summed E-state index contributed by atoms with van der Waals surface area (Å²) in [7, 11) is 0. The van der Waals surface area contributed by atoms with Crippen molar-refractivity contribution in [3.8, 4) is 22.5 Å². The van der Waals surface area contributed by atoms with Crippen LogP contribution in [0.25, 0.3) is 22.5 Å². The lowest BCUT2D eigenvalue weighted by molar-refractivity contribution is 0.0467. The molecule has 3 aromatic rings. The fourth-order valence-corrected chi connectivity index (χ4v) is 4.38. The molecular formula is C25H36N2O4S. The second kappa shape index (κ2) is 14.2. The first kappa shape index (κ1) is 24.7. The van der Waals surface area contributed by atoms with E-state index < -0.39 is 6.10 Å². The molecule has 7 heteroatoms. The van der Waals surface area contributed by atoms with Crippen molar-refractivity contribution in [3.63, 3.8) is 0 Å². The van der Waals surface area contributed by atoms with Gasteiger partial charge in [-0.1, -0.05) is 70.1 Å². The molecule has 0 fully saturated rings. The highest BCUT2D eigenvalue weighted by atomic mass is 32.2. The van der Waals surface area contributed by atoms with E-state index in [9.17, 15) is 5.11 Å². The van der Waals surface area contributed by atoms with Crippen molar-refractivity contribution in [2.75, 3.05) is 19.0 Å². The Bertz CT molecular complexity index is 794. The first-order chi connectivity index (χ1) is 15.8. The van der Waals surface area contributed by atoms with Gasteiger partial charge < -0.3 is 23.7 Å². The third-order valence-corrected chi connectivity index (χ3v) is 6.42. The molecule has 0 aliphatic heterocycles. The van der Waals surface area contributed by atoms with Gasteiger partial charge in [-0.15, -0.1) is 0 Å². The lowest BCUT2D eigenvalue weighted by Crippen LogP contribution is -2.18. The molecule has 6 nitrogen and oxygen atoms in total. The summed E-state index contributed by atoms with van der Waals surface area (Å²) in [6, 6.07) is 3.77. The third-order valence-electron chi connectivity index (χ3n) is 5.40.